The van der Waals surface area contributed by atoms with Gasteiger partial charge in [0.1, 0.15) is 0 Å². The quantitative estimate of drug-likeness (QED) is 0.520. The summed E-state index contributed by atoms with van der Waals surface area (Å²) in [5, 5.41) is 0.603. The normalized spacial score (nSPS) is 8.83. The number of hydrogen-bond acceptors (Lipinski definition) is 5. The molecule has 0 atom stereocenters. The Morgan fingerprint density at radius 3 is 2.25 bits per heavy atom. The molecule has 12 heavy (non-hydrogen) atoms. The second kappa shape index (κ2) is 7.24. The van der Waals surface area contributed by atoms with Gasteiger partial charge in [-0.1, -0.05) is 6.92 Å². The molecule has 0 unspecified atom stereocenters. The van der Waals surface area contributed by atoms with Crippen molar-refractivity contribution in [3.05, 3.63) is 0 Å². The molecule has 3 nitrogen and oxygen atoms in total. The minimum atomic E-state index is 0.0332. The standard InChI is InChI=1S/C7H12O3S2/c1-3-6(11)9-5-10-7(12)8-4-2/h3-5H2,1-2H3. The van der Waals surface area contributed by atoms with E-state index in [4.69, 9.17) is 26.4 Å². The fourth-order valence-electron chi connectivity index (χ4n) is 0.405. The van der Waals surface area contributed by atoms with Gasteiger partial charge in [0.15, 0.2) is 5.05 Å². The highest BCUT2D eigenvalue weighted by atomic mass is 32.1. The molecule has 0 rings (SSSR count). The molecule has 0 bridgehead atoms. The molecule has 0 aliphatic heterocycles. The van der Waals surface area contributed by atoms with E-state index in [1.165, 1.54) is 0 Å². The largest absolute Gasteiger partial charge is 0.457 e. The maximum atomic E-state index is 4.95. The zero-order chi connectivity index (χ0) is 9.40. The minimum absolute atomic E-state index is 0.0332. The Labute approximate surface area is 83.0 Å². The molecular weight excluding hydrogens is 196 g/mol. The second-order valence-electron chi connectivity index (χ2n) is 1.82. The van der Waals surface area contributed by atoms with E-state index < -0.39 is 0 Å². The van der Waals surface area contributed by atoms with Gasteiger partial charge in [0.2, 0.25) is 6.79 Å². The van der Waals surface area contributed by atoms with Gasteiger partial charge in [-0.2, -0.15) is 0 Å². The van der Waals surface area contributed by atoms with E-state index in [0.717, 1.165) is 0 Å². The van der Waals surface area contributed by atoms with Gasteiger partial charge in [-0.15, -0.1) is 0 Å². The zero-order valence-corrected chi connectivity index (χ0v) is 8.80. The number of ether oxygens (including phenoxy) is 3. The van der Waals surface area contributed by atoms with Gasteiger partial charge in [0.25, 0.3) is 0 Å². The highest BCUT2D eigenvalue weighted by molar-refractivity contribution is 7.80. The van der Waals surface area contributed by atoms with E-state index >= 15 is 0 Å². The minimum Gasteiger partial charge on any atom is -0.457 e. The van der Waals surface area contributed by atoms with Gasteiger partial charge >= 0.3 is 5.24 Å². The molecule has 0 saturated carbocycles. The van der Waals surface area contributed by atoms with E-state index in [0.29, 0.717) is 18.1 Å². The van der Waals surface area contributed by atoms with Crippen molar-refractivity contribution in [2.24, 2.45) is 0 Å². The van der Waals surface area contributed by atoms with Crippen molar-refractivity contribution in [1.29, 1.82) is 0 Å². The SMILES string of the molecule is CCOC(=S)OCOC(=S)CC. The lowest BCUT2D eigenvalue weighted by molar-refractivity contribution is 0.0665. The Balaban J connectivity index is 3.30. The third-order valence-electron chi connectivity index (χ3n) is 0.948. The van der Waals surface area contributed by atoms with Gasteiger partial charge in [-0.05, 0) is 19.1 Å². The fourth-order valence-corrected chi connectivity index (χ4v) is 0.619. The van der Waals surface area contributed by atoms with Crippen molar-refractivity contribution < 1.29 is 14.2 Å². The molecular formula is C7H12O3S2. The van der Waals surface area contributed by atoms with Crippen LogP contribution >= 0.6 is 24.4 Å². The van der Waals surface area contributed by atoms with E-state index in [2.05, 4.69) is 12.2 Å². The first-order valence-electron chi connectivity index (χ1n) is 3.65. The predicted molar refractivity (Wildman–Crippen MR) is 54.2 cm³/mol. The second-order valence-corrected chi connectivity index (χ2v) is 2.60. The molecule has 0 N–H and O–H groups in total. The van der Waals surface area contributed by atoms with Crippen LogP contribution in [0.5, 0.6) is 0 Å². The van der Waals surface area contributed by atoms with Crippen LogP contribution in [0.1, 0.15) is 20.3 Å². The van der Waals surface area contributed by atoms with Crippen molar-refractivity contribution in [3.63, 3.8) is 0 Å². The van der Waals surface area contributed by atoms with Crippen LogP contribution in [0.2, 0.25) is 0 Å². The summed E-state index contributed by atoms with van der Waals surface area (Å²) in [6.07, 6.45) is 0.695. The third-order valence-corrected chi connectivity index (χ3v) is 1.59. The van der Waals surface area contributed by atoms with Gasteiger partial charge in [0.05, 0.1) is 6.61 Å². The Morgan fingerprint density at radius 2 is 1.75 bits per heavy atom. The molecule has 5 heteroatoms. The summed E-state index contributed by atoms with van der Waals surface area (Å²) >= 11 is 9.46. The van der Waals surface area contributed by atoms with Crippen LogP contribution in [-0.2, 0) is 14.2 Å². The van der Waals surface area contributed by atoms with Gasteiger partial charge in [-0.25, -0.2) is 0 Å². The number of hydrogen-bond donors (Lipinski definition) is 0. The van der Waals surface area contributed by atoms with Crippen LogP contribution in [0, 0.1) is 0 Å². The molecule has 0 aromatic carbocycles. The van der Waals surface area contributed by atoms with Crippen molar-refractivity contribution in [2.75, 3.05) is 13.4 Å². The van der Waals surface area contributed by atoms with E-state index in [1.807, 2.05) is 13.8 Å². The van der Waals surface area contributed by atoms with Crippen LogP contribution in [0.3, 0.4) is 0 Å². The topological polar surface area (TPSA) is 27.7 Å². The van der Waals surface area contributed by atoms with Crippen molar-refractivity contribution >= 4 is 34.7 Å². The molecule has 0 fully saturated rings. The van der Waals surface area contributed by atoms with Gasteiger partial charge in [-0.3, -0.25) is 0 Å². The summed E-state index contributed by atoms with van der Waals surface area (Å²) in [5.41, 5.74) is 0. The highest BCUT2D eigenvalue weighted by Gasteiger charge is 1.97. The lowest BCUT2D eigenvalue weighted by atomic mass is 10.5. The van der Waals surface area contributed by atoms with Crippen LogP contribution in [0.4, 0.5) is 0 Å². The summed E-state index contributed by atoms with van der Waals surface area (Å²) in [7, 11) is 0. The van der Waals surface area contributed by atoms with E-state index in [-0.39, 0.29) is 12.0 Å². The van der Waals surface area contributed by atoms with Crippen LogP contribution < -0.4 is 0 Å². The maximum absolute atomic E-state index is 4.95. The summed E-state index contributed by atoms with van der Waals surface area (Å²) in [6.45, 7) is 4.26. The van der Waals surface area contributed by atoms with Crippen LogP contribution in [0.25, 0.3) is 0 Å². The average Bonchev–Trinajstić information content (AvgIpc) is 2.04. The van der Waals surface area contributed by atoms with E-state index in [1.54, 1.807) is 0 Å². The molecule has 0 amide bonds. The Morgan fingerprint density at radius 1 is 1.08 bits per heavy atom. The van der Waals surface area contributed by atoms with Crippen molar-refractivity contribution in [2.45, 2.75) is 20.3 Å². The smallest absolute Gasteiger partial charge is 0.355 e. The number of rotatable bonds is 4. The molecule has 0 heterocycles. The van der Waals surface area contributed by atoms with Crippen molar-refractivity contribution in [1.82, 2.24) is 0 Å². The monoisotopic (exact) mass is 208 g/mol. The molecule has 0 spiro atoms. The summed E-state index contributed by atoms with van der Waals surface area (Å²) in [5.74, 6) is 0. The van der Waals surface area contributed by atoms with Crippen LogP contribution in [0.15, 0.2) is 0 Å². The number of thiocarbonyl (C=S) groups is 2. The highest BCUT2D eigenvalue weighted by Crippen LogP contribution is 1.91. The average molecular weight is 208 g/mol. The Hall–Kier alpha value is -0.420. The lowest BCUT2D eigenvalue weighted by Gasteiger charge is -2.08. The molecule has 0 aromatic rings. The fraction of sp³-hybridized carbons (Fsp3) is 0.714. The molecule has 70 valence electrons. The first kappa shape index (κ1) is 11.6. The molecule has 0 aliphatic carbocycles. The summed E-state index contributed by atoms with van der Waals surface area (Å²) in [4.78, 5) is 0. The lowest BCUT2D eigenvalue weighted by Crippen LogP contribution is -2.11. The van der Waals surface area contributed by atoms with Crippen LogP contribution in [-0.4, -0.2) is 23.7 Å². The Kier molecular flexibility index (Phi) is 6.99. The first-order chi connectivity index (χ1) is 5.70. The summed E-state index contributed by atoms with van der Waals surface area (Å²) < 4.78 is 14.6. The molecule has 0 saturated heterocycles. The van der Waals surface area contributed by atoms with Gasteiger partial charge in [0, 0.05) is 18.6 Å². The molecule has 0 radical (unpaired) electrons. The third kappa shape index (κ3) is 6.30. The van der Waals surface area contributed by atoms with Gasteiger partial charge < -0.3 is 14.2 Å². The predicted octanol–water partition coefficient (Wildman–Crippen LogP) is 2.04. The van der Waals surface area contributed by atoms with Crippen molar-refractivity contribution in [3.8, 4) is 0 Å². The molecule has 0 aliphatic rings. The van der Waals surface area contributed by atoms with E-state index in [9.17, 15) is 0 Å². The maximum Gasteiger partial charge on any atom is 0.355 e. The zero-order valence-electron chi connectivity index (χ0n) is 7.16. The summed E-state index contributed by atoms with van der Waals surface area (Å²) in [6, 6.07) is 0. The Bertz CT molecular complexity index is 159. The molecule has 0 aromatic heterocycles. The first-order valence-corrected chi connectivity index (χ1v) is 4.47.